The van der Waals surface area contributed by atoms with Crippen LogP contribution in [-0.4, -0.2) is 21.1 Å². The number of rotatable bonds is 5. The van der Waals surface area contributed by atoms with E-state index in [1.165, 1.54) is 5.56 Å². The van der Waals surface area contributed by atoms with Crippen LogP contribution in [0.5, 0.6) is 0 Å². The van der Waals surface area contributed by atoms with E-state index in [1.54, 1.807) is 18.3 Å². The Labute approximate surface area is 159 Å². The maximum atomic E-state index is 12.4. The van der Waals surface area contributed by atoms with Crippen molar-refractivity contribution in [1.82, 2.24) is 15.2 Å². The summed E-state index contributed by atoms with van der Waals surface area (Å²) in [6.45, 7) is 6.98. The van der Waals surface area contributed by atoms with Gasteiger partial charge in [0, 0.05) is 11.8 Å². The van der Waals surface area contributed by atoms with Gasteiger partial charge in [0.05, 0.1) is 12.2 Å². The van der Waals surface area contributed by atoms with Crippen LogP contribution in [0.3, 0.4) is 0 Å². The zero-order valence-electron chi connectivity index (χ0n) is 15.7. The van der Waals surface area contributed by atoms with E-state index in [4.69, 9.17) is 0 Å². The van der Waals surface area contributed by atoms with Gasteiger partial charge in [-0.15, -0.1) is 10.2 Å². The second-order valence-corrected chi connectivity index (χ2v) is 7.26. The van der Waals surface area contributed by atoms with Gasteiger partial charge in [-0.3, -0.25) is 9.78 Å². The topological polar surface area (TPSA) is 79.8 Å². The molecule has 2 N–H and O–H groups in total. The fourth-order valence-electron chi connectivity index (χ4n) is 2.49. The molecule has 0 aliphatic rings. The Bertz CT molecular complexity index is 885. The fraction of sp³-hybridized carbons (Fsp3) is 0.238. The summed E-state index contributed by atoms with van der Waals surface area (Å²) in [6.07, 6.45) is 1.75. The van der Waals surface area contributed by atoms with Crippen molar-refractivity contribution in [3.05, 3.63) is 77.6 Å². The van der Waals surface area contributed by atoms with E-state index in [0.29, 0.717) is 23.7 Å². The van der Waals surface area contributed by atoms with Crippen LogP contribution in [0.1, 0.15) is 42.4 Å². The van der Waals surface area contributed by atoms with Crippen molar-refractivity contribution in [3.8, 4) is 0 Å². The highest BCUT2D eigenvalue weighted by Gasteiger charge is 2.14. The number of nitrogens with one attached hydrogen (secondary N) is 2. The molecule has 2 heterocycles. The summed E-state index contributed by atoms with van der Waals surface area (Å²) in [6, 6.07) is 16.8. The molecule has 0 saturated carbocycles. The van der Waals surface area contributed by atoms with Gasteiger partial charge in [-0.1, -0.05) is 39.0 Å². The normalized spacial score (nSPS) is 11.1. The van der Waals surface area contributed by atoms with E-state index in [0.717, 1.165) is 5.69 Å². The standard InChI is InChI=1S/C21H23N5O/c1-21(2,3)16-9-7-15(8-10-16)20(27)24-19-12-11-18(25-26-19)23-14-17-6-4-5-13-22-17/h4-13H,14H2,1-3H3,(H,23,25)(H,24,26,27). The molecule has 6 heteroatoms. The van der Waals surface area contributed by atoms with Gasteiger partial charge in [-0.25, -0.2) is 0 Å². The van der Waals surface area contributed by atoms with E-state index in [2.05, 4.69) is 46.6 Å². The molecule has 0 bridgehead atoms. The quantitative estimate of drug-likeness (QED) is 0.717. The van der Waals surface area contributed by atoms with Crippen LogP contribution in [0.15, 0.2) is 60.8 Å². The van der Waals surface area contributed by atoms with E-state index < -0.39 is 0 Å². The smallest absolute Gasteiger partial charge is 0.256 e. The van der Waals surface area contributed by atoms with Crippen LogP contribution in [0.25, 0.3) is 0 Å². The maximum Gasteiger partial charge on any atom is 0.256 e. The van der Waals surface area contributed by atoms with Crippen LogP contribution in [0.2, 0.25) is 0 Å². The van der Waals surface area contributed by atoms with Crippen molar-refractivity contribution < 1.29 is 4.79 Å². The fourth-order valence-corrected chi connectivity index (χ4v) is 2.49. The lowest BCUT2D eigenvalue weighted by Crippen LogP contribution is -2.15. The molecule has 0 saturated heterocycles. The Hall–Kier alpha value is -3.28. The lowest BCUT2D eigenvalue weighted by atomic mass is 9.87. The Morgan fingerprint density at radius 3 is 2.22 bits per heavy atom. The van der Waals surface area contributed by atoms with Gasteiger partial charge in [0.15, 0.2) is 5.82 Å². The maximum absolute atomic E-state index is 12.4. The first-order valence-corrected chi connectivity index (χ1v) is 8.81. The van der Waals surface area contributed by atoms with Gasteiger partial charge in [0.1, 0.15) is 5.82 Å². The monoisotopic (exact) mass is 361 g/mol. The number of carbonyl (C=O) groups excluding carboxylic acids is 1. The molecular weight excluding hydrogens is 338 g/mol. The van der Waals surface area contributed by atoms with Crippen LogP contribution < -0.4 is 10.6 Å². The zero-order chi connectivity index (χ0) is 19.3. The van der Waals surface area contributed by atoms with E-state index in [1.807, 2.05) is 42.5 Å². The predicted molar refractivity (Wildman–Crippen MR) is 107 cm³/mol. The van der Waals surface area contributed by atoms with Crippen molar-refractivity contribution >= 4 is 17.5 Å². The molecule has 27 heavy (non-hydrogen) atoms. The Balaban J connectivity index is 1.58. The number of pyridine rings is 1. The molecule has 2 aromatic heterocycles. The second kappa shape index (κ2) is 7.95. The number of benzene rings is 1. The molecule has 0 aliphatic heterocycles. The molecule has 0 atom stereocenters. The van der Waals surface area contributed by atoms with Gasteiger partial charge in [-0.2, -0.15) is 0 Å². The summed E-state index contributed by atoms with van der Waals surface area (Å²) in [5.41, 5.74) is 2.73. The van der Waals surface area contributed by atoms with Gasteiger partial charge < -0.3 is 10.6 Å². The second-order valence-electron chi connectivity index (χ2n) is 7.26. The molecule has 1 aromatic carbocycles. The van der Waals surface area contributed by atoms with Crippen LogP contribution in [0.4, 0.5) is 11.6 Å². The lowest BCUT2D eigenvalue weighted by molar-refractivity contribution is 0.102. The van der Waals surface area contributed by atoms with Crippen LogP contribution in [0, 0.1) is 0 Å². The highest BCUT2D eigenvalue weighted by atomic mass is 16.1. The summed E-state index contributed by atoms with van der Waals surface area (Å²) < 4.78 is 0. The predicted octanol–water partition coefficient (Wildman–Crippen LogP) is 4.03. The Kier molecular flexibility index (Phi) is 5.45. The highest BCUT2D eigenvalue weighted by molar-refractivity contribution is 6.03. The summed E-state index contributed by atoms with van der Waals surface area (Å²) in [7, 11) is 0. The Morgan fingerprint density at radius 1 is 0.926 bits per heavy atom. The van der Waals surface area contributed by atoms with Crippen LogP contribution in [-0.2, 0) is 12.0 Å². The van der Waals surface area contributed by atoms with Crippen molar-refractivity contribution in [3.63, 3.8) is 0 Å². The molecule has 6 nitrogen and oxygen atoms in total. The number of carbonyl (C=O) groups is 1. The van der Waals surface area contributed by atoms with E-state index in [-0.39, 0.29) is 11.3 Å². The van der Waals surface area contributed by atoms with Crippen molar-refractivity contribution in [2.45, 2.75) is 32.7 Å². The number of aromatic nitrogens is 3. The zero-order valence-corrected chi connectivity index (χ0v) is 15.7. The molecule has 0 aliphatic carbocycles. The summed E-state index contributed by atoms with van der Waals surface area (Å²) in [5.74, 6) is 0.815. The van der Waals surface area contributed by atoms with E-state index in [9.17, 15) is 4.79 Å². The first-order valence-electron chi connectivity index (χ1n) is 8.81. The summed E-state index contributed by atoms with van der Waals surface area (Å²) in [5, 5.41) is 14.0. The van der Waals surface area contributed by atoms with Crippen molar-refractivity contribution in [2.24, 2.45) is 0 Å². The van der Waals surface area contributed by atoms with Crippen molar-refractivity contribution in [2.75, 3.05) is 10.6 Å². The third-order valence-corrected chi connectivity index (χ3v) is 4.10. The molecule has 0 unspecified atom stereocenters. The number of hydrogen-bond acceptors (Lipinski definition) is 5. The molecule has 0 radical (unpaired) electrons. The average Bonchev–Trinajstić information content (AvgIpc) is 2.68. The minimum absolute atomic E-state index is 0.0541. The average molecular weight is 361 g/mol. The third-order valence-electron chi connectivity index (χ3n) is 4.10. The van der Waals surface area contributed by atoms with Crippen molar-refractivity contribution in [1.29, 1.82) is 0 Å². The van der Waals surface area contributed by atoms with Gasteiger partial charge >= 0.3 is 0 Å². The van der Waals surface area contributed by atoms with Gasteiger partial charge in [0.2, 0.25) is 0 Å². The number of amides is 1. The Morgan fingerprint density at radius 2 is 1.63 bits per heavy atom. The number of nitrogens with zero attached hydrogens (tertiary/aromatic N) is 3. The molecule has 138 valence electrons. The summed E-state index contributed by atoms with van der Waals surface area (Å²) >= 11 is 0. The SMILES string of the molecule is CC(C)(C)c1ccc(C(=O)Nc2ccc(NCc3ccccn3)nn2)cc1. The first kappa shape index (κ1) is 18.5. The molecule has 0 fully saturated rings. The van der Waals surface area contributed by atoms with Crippen LogP contribution >= 0.6 is 0 Å². The van der Waals surface area contributed by atoms with Gasteiger partial charge in [-0.05, 0) is 47.4 Å². The molecular formula is C21H23N5O. The number of hydrogen-bond donors (Lipinski definition) is 2. The summed E-state index contributed by atoms with van der Waals surface area (Å²) in [4.78, 5) is 16.6. The molecule has 3 aromatic rings. The lowest BCUT2D eigenvalue weighted by Gasteiger charge is -2.19. The minimum atomic E-state index is -0.209. The molecule has 3 rings (SSSR count). The molecule has 1 amide bonds. The minimum Gasteiger partial charge on any atom is -0.363 e. The molecule has 0 spiro atoms. The highest BCUT2D eigenvalue weighted by Crippen LogP contribution is 2.22. The van der Waals surface area contributed by atoms with E-state index >= 15 is 0 Å². The van der Waals surface area contributed by atoms with Gasteiger partial charge in [0.25, 0.3) is 5.91 Å². The first-order chi connectivity index (χ1) is 12.9. The third kappa shape index (κ3) is 5.10. The largest absolute Gasteiger partial charge is 0.363 e. The number of anilines is 2.